The summed E-state index contributed by atoms with van der Waals surface area (Å²) in [6.07, 6.45) is 5.19. The minimum atomic E-state index is -0.00920. The van der Waals surface area contributed by atoms with Gasteiger partial charge in [0.1, 0.15) is 11.8 Å². The molecule has 1 aliphatic heterocycles. The third-order valence-electron chi connectivity index (χ3n) is 2.29. The number of hydrogen-bond donors (Lipinski definition) is 0. The molecule has 0 spiro atoms. The highest BCUT2D eigenvalue weighted by molar-refractivity contribution is 5.91. The van der Waals surface area contributed by atoms with Crippen LogP contribution in [-0.2, 0) is 9.53 Å². The van der Waals surface area contributed by atoms with Crippen molar-refractivity contribution in [2.75, 3.05) is 6.61 Å². The van der Waals surface area contributed by atoms with Crippen molar-refractivity contribution in [3.05, 3.63) is 23.6 Å². The second kappa shape index (κ2) is 4.40. The molecule has 2 rings (SSSR count). The summed E-state index contributed by atoms with van der Waals surface area (Å²) in [4.78, 5) is 10.7. The topological polar surface area (TPSA) is 52.3 Å². The zero-order valence-electron chi connectivity index (χ0n) is 8.60. The van der Waals surface area contributed by atoms with Gasteiger partial charge in [-0.15, -0.1) is 0 Å². The van der Waals surface area contributed by atoms with Crippen molar-refractivity contribution in [3.63, 3.8) is 0 Å². The van der Waals surface area contributed by atoms with Gasteiger partial charge in [-0.3, -0.25) is 4.79 Å². The van der Waals surface area contributed by atoms with E-state index in [-0.39, 0.29) is 11.9 Å². The van der Waals surface area contributed by atoms with Crippen LogP contribution in [0.25, 0.3) is 6.08 Å². The smallest absolute Gasteiger partial charge is 0.160 e. The van der Waals surface area contributed by atoms with Gasteiger partial charge in [-0.1, -0.05) is 5.16 Å². The predicted octanol–water partition coefficient (Wildman–Crippen LogP) is 2.13. The quantitative estimate of drug-likeness (QED) is 0.712. The zero-order valence-corrected chi connectivity index (χ0v) is 8.60. The van der Waals surface area contributed by atoms with E-state index in [1.54, 1.807) is 6.08 Å². The van der Waals surface area contributed by atoms with Gasteiger partial charge in [0, 0.05) is 12.7 Å². The van der Waals surface area contributed by atoms with Crippen LogP contribution in [0.2, 0.25) is 0 Å². The Labute approximate surface area is 87.9 Å². The minimum absolute atomic E-state index is 0.00920. The fourth-order valence-corrected chi connectivity index (χ4v) is 1.54. The third kappa shape index (κ3) is 2.53. The number of ether oxygens (including phenoxy) is 1. The van der Waals surface area contributed by atoms with Crippen LogP contribution in [0.15, 0.2) is 16.7 Å². The van der Waals surface area contributed by atoms with Crippen molar-refractivity contribution in [3.8, 4) is 0 Å². The average molecular weight is 207 g/mol. The van der Waals surface area contributed by atoms with Crippen LogP contribution in [0.5, 0.6) is 0 Å². The Kier molecular flexibility index (Phi) is 2.97. The number of rotatable bonds is 3. The van der Waals surface area contributed by atoms with Crippen molar-refractivity contribution >= 4 is 11.9 Å². The molecule has 0 aromatic carbocycles. The predicted molar refractivity (Wildman–Crippen MR) is 54.1 cm³/mol. The number of allylic oxidation sites excluding steroid dienone is 1. The van der Waals surface area contributed by atoms with Crippen LogP contribution in [0.3, 0.4) is 0 Å². The zero-order chi connectivity index (χ0) is 10.7. The second-order valence-electron chi connectivity index (χ2n) is 3.60. The Bertz CT molecular complexity index is 375. The van der Waals surface area contributed by atoms with E-state index in [2.05, 4.69) is 5.16 Å². The third-order valence-corrected chi connectivity index (χ3v) is 2.29. The van der Waals surface area contributed by atoms with E-state index in [1.165, 1.54) is 13.0 Å². The fraction of sp³-hybridized carbons (Fsp3) is 0.455. The molecular formula is C11H13NO3. The summed E-state index contributed by atoms with van der Waals surface area (Å²) >= 11 is 0. The highest BCUT2D eigenvalue weighted by atomic mass is 16.5. The molecule has 0 amide bonds. The molecule has 80 valence electrons. The molecule has 0 bridgehead atoms. The fourth-order valence-electron chi connectivity index (χ4n) is 1.54. The largest absolute Gasteiger partial charge is 0.372 e. The highest BCUT2D eigenvalue weighted by Crippen LogP contribution is 2.27. The van der Waals surface area contributed by atoms with E-state index in [0.717, 1.165) is 25.1 Å². The van der Waals surface area contributed by atoms with Crippen LogP contribution < -0.4 is 0 Å². The molecule has 0 radical (unpaired) electrons. The maximum absolute atomic E-state index is 10.7. The van der Waals surface area contributed by atoms with Crippen LogP contribution >= 0.6 is 0 Å². The summed E-state index contributed by atoms with van der Waals surface area (Å²) in [7, 11) is 0. The molecule has 1 fully saturated rings. The molecule has 15 heavy (non-hydrogen) atoms. The van der Waals surface area contributed by atoms with E-state index < -0.39 is 0 Å². The monoisotopic (exact) mass is 207 g/mol. The summed E-state index contributed by atoms with van der Waals surface area (Å²) in [5.41, 5.74) is 0.815. The van der Waals surface area contributed by atoms with Crippen LogP contribution in [0.1, 0.15) is 37.3 Å². The number of hydrogen-bond acceptors (Lipinski definition) is 4. The van der Waals surface area contributed by atoms with Crippen molar-refractivity contribution < 1.29 is 14.1 Å². The number of aromatic nitrogens is 1. The number of ketones is 1. The van der Waals surface area contributed by atoms with E-state index in [4.69, 9.17) is 9.26 Å². The number of nitrogens with zero attached hydrogens (tertiary/aromatic N) is 1. The Balaban J connectivity index is 2.06. The Morgan fingerprint density at radius 2 is 2.53 bits per heavy atom. The maximum Gasteiger partial charge on any atom is 0.160 e. The molecule has 4 nitrogen and oxygen atoms in total. The van der Waals surface area contributed by atoms with Crippen LogP contribution in [0, 0.1) is 0 Å². The maximum atomic E-state index is 10.7. The first-order chi connectivity index (χ1) is 7.25. The summed E-state index contributed by atoms with van der Waals surface area (Å²) < 4.78 is 10.5. The van der Waals surface area contributed by atoms with Gasteiger partial charge < -0.3 is 9.26 Å². The van der Waals surface area contributed by atoms with Gasteiger partial charge in [0.25, 0.3) is 0 Å². The van der Waals surface area contributed by atoms with Gasteiger partial charge in [-0.25, -0.2) is 0 Å². The minimum Gasteiger partial charge on any atom is -0.372 e. The van der Waals surface area contributed by atoms with E-state index >= 15 is 0 Å². The van der Waals surface area contributed by atoms with Gasteiger partial charge in [-0.05, 0) is 31.9 Å². The molecule has 1 aromatic heterocycles. The standard InChI is InChI=1S/C11H13NO3/c1-8(13)4-5-9-7-10(12-15-9)11-3-2-6-14-11/h4-5,7,11H,2-3,6H2,1H3/b5-4+. The molecule has 4 heteroatoms. The molecule has 2 heterocycles. The SMILES string of the molecule is CC(=O)/C=C/c1cc(C2CCCO2)no1. The van der Waals surface area contributed by atoms with Gasteiger partial charge in [0.15, 0.2) is 11.5 Å². The van der Waals surface area contributed by atoms with E-state index in [1.807, 2.05) is 6.07 Å². The van der Waals surface area contributed by atoms with E-state index in [0.29, 0.717) is 5.76 Å². The Hall–Kier alpha value is -1.42. The lowest BCUT2D eigenvalue weighted by atomic mass is 10.2. The molecule has 1 aliphatic rings. The van der Waals surface area contributed by atoms with Crippen molar-refractivity contribution in [1.82, 2.24) is 5.16 Å². The summed E-state index contributed by atoms with van der Waals surface area (Å²) in [6, 6.07) is 1.81. The molecule has 0 N–H and O–H groups in total. The lowest BCUT2D eigenvalue weighted by Gasteiger charge is -2.01. The molecule has 1 atom stereocenters. The molecule has 0 saturated carbocycles. The van der Waals surface area contributed by atoms with Gasteiger partial charge in [-0.2, -0.15) is 0 Å². The first kappa shape index (κ1) is 10.1. The normalized spacial score (nSPS) is 21.3. The average Bonchev–Trinajstić information content (AvgIpc) is 2.85. The molecule has 1 aromatic rings. The van der Waals surface area contributed by atoms with Crippen LogP contribution in [0.4, 0.5) is 0 Å². The van der Waals surface area contributed by atoms with Gasteiger partial charge in [0.2, 0.25) is 0 Å². The first-order valence-corrected chi connectivity index (χ1v) is 5.02. The summed E-state index contributed by atoms with van der Waals surface area (Å²) in [5, 5.41) is 3.91. The van der Waals surface area contributed by atoms with Gasteiger partial charge in [0.05, 0.1) is 0 Å². The van der Waals surface area contributed by atoms with E-state index in [9.17, 15) is 4.79 Å². The molecular weight excluding hydrogens is 194 g/mol. The first-order valence-electron chi connectivity index (χ1n) is 5.02. The lowest BCUT2D eigenvalue weighted by Crippen LogP contribution is -1.94. The summed E-state index contributed by atoms with van der Waals surface area (Å²) in [6.45, 7) is 2.28. The number of carbonyl (C=O) groups excluding carboxylic acids is 1. The number of carbonyl (C=O) groups is 1. The molecule has 0 aliphatic carbocycles. The lowest BCUT2D eigenvalue weighted by molar-refractivity contribution is -0.112. The second-order valence-corrected chi connectivity index (χ2v) is 3.60. The molecule has 1 unspecified atom stereocenters. The summed E-state index contributed by atoms with van der Waals surface area (Å²) in [5.74, 6) is 0.584. The van der Waals surface area contributed by atoms with Crippen molar-refractivity contribution in [1.29, 1.82) is 0 Å². The van der Waals surface area contributed by atoms with Crippen molar-refractivity contribution in [2.45, 2.75) is 25.9 Å². The van der Waals surface area contributed by atoms with Crippen molar-refractivity contribution in [2.24, 2.45) is 0 Å². The Morgan fingerprint density at radius 1 is 1.67 bits per heavy atom. The van der Waals surface area contributed by atoms with Gasteiger partial charge >= 0.3 is 0 Å². The van der Waals surface area contributed by atoms with Crippen LogP contribution in [-0.4, -0.2) is 17.5 Å². The molecule has 1 saturated heterocycles. The Morgan fingerprint density at radius 3 is 3.20 bits per heavy atom. The highest BCUT2D eigenvalue weighted by Gasteiger charge is 2.20.